The summed E-state index contributed by atoms with van der Waals surface area (Å²) in [6.07, 6.45) is 2.53. The summed E-state index contributed by atoms with van der Waals surface area (Å²) >= 11 is 0. The SMILES string of the molecule is CNCCCN(C)c1cc2n[nH]c(=O)n2cn1. The molecule has 2 aromatic heterocycles. The largest absolute Gasteiger partial charge is 0.359 e. The highest BCUT2D eigenvalue weighted by molar-refractivity contribution is 5.49. The number of H-pyrrole nitrogens is 1. The molecule has 2 heterocycles. The van der Waals surface area contributed by atoms with Gasteiger partial charge in [0.25, 0.3) is 0 Å². The number of anilines is 1. The molecule has 7 nitrogen and oxygen atoms in total. The first-order valence-corrected chi connectivity index (χ1v) is 5.51. The lowest BCUT2D eigenvalue weighted by Crippen LogP contribution is -2.23. The van der Waals surface area contributed by atoms with Crippen LogP contribution in [0.2, 0.25) is 0 Å². The topological polar surface area (TPSA) is 78.3 Å². The van der Waals surface area contributed by atoms with Gasteiger partial charge in [0.15, 0.2) is 5.65 Å². The van der Waals surface area contributed by atoms with E-state index in [0.717, 1.165) is 25.3 Å². The van der Waals surface area contributed by atoms with Crippen LogP contribution in [0.4, 0.5) is 5.82 Å². The van der Waals surface area contributed by atoms with Crippen LogP contribution in [0.15, 0.2) is 17.2 Å². The van der Waals surface area contributed by atoms with Gasteiger partial charge in [-0.1, -0.05) is 0 Å². The molecule has 17 heavy (non-hydrogen) atoms. The van der Waals surface area contributed by atoms with Gasteiger partial charge in [-0.2, -0.15) is 5.10 Å². The third-order valence-electron chi connectivity index (χ3n) is 2.61. The Kier molecular flexibility index (Phi) is 3.38. The first kappa shape index (κ1) is 11.6. The molecule has 2 rings (SSSR count). The summed E-state index contributed by atoms with van der Waals surface area (Å²) in [7, 11) is 3.90. The molecular formula is C10H16N6O. The summed E-state index contributed by atoms with van der Waals surface area (Å²) in [5, 5.41) is 9.39. The first-order chi connectivity index (χ1) is 8.22. The van der Waals surface area contributed by atoms with Gasteiger partial charge in [0.05, 0.1) is 0 Å². The number of hydrogen-bond donors (Lipinski definition) is 2. The third kappa shape index (κ3) is 2.44. The lowest BCUT2D eigenvalue weighted by Gasteiger charge is -2.17. The quantitative estimate of drug-likeness (QED) is 0.682. The standard InChI is InChI=1S/C10H16N6O/c1-11-4-3-5-15(2)8-6-9-13-14-10(17)16(9)7-12-8/h6-7,11H,3-5H2,1-2H3,(H,14,17). The second-order valence-electron chi connectivity index (χ2n) is 3.88. The van der Waals surface area contributed by atoms with Gasteiger partial charge in [-0.3, -0.25) is 0 Å². The Hall–Kier alpha value is -1.89. The van der Waals surface area contributed by atoms with E-state index in [0.29, 0.717) is 5.65 Å². The van der Waals surface area contributed by atoms with E-state index in [2.05, 4.69) is 20.5 Å². The van der Waals surface area contributed by atoms with Crippen LogP contribution < -0.4 is 15.9 Å². The van der Waals surface area contributed by atoms with Crippen LogP contribution in [-0.4, -0.2) is 46.8 Å². The highest BCUT2D eigenvalue weighted by atomic mass is 16.1. The molecule has 7 heteroatoms. The minimum absolute atomic E-state index is 0.267. The molecule has 0 aliphatic heterocycles. The van der Waals surface area contributed by atoms with Crippen LogP contribution in [0, 0.1) is 0 Å². The van der Waals surface area contributed by atoms with E-state index in [4.69, 9.17) is 0 Å². The second kappa shape index (κ2) is 4.96. The van der Waals surface area contributed by atoms with Crippen molar-refractivity contribution in [1.82, 2.24) is 24.9 Å². The Morgan fingerprint density at radius 2 is 2.41 bits per heavy atom. The molecule has 0 atom stereocenters. The Morgan fingerprint density at radius 1 is 1.59 bits per heavy atom. The molecule has 0 unspecified atom stereocenters. The fraction of sp³-hybridized carbons (Fsp3) is 0.500. The van der Waals surface area contributed by atoms with Gasteiger partial charge in [-0.15, -0.1) is 0 Å². The summed E-state index contributed by atoms with van der Waals surface area (Å²) in [5.74, 6) is 0.813. The van der Waals surface area contributed by atoms with Crippen molar-refractivity contribution < 1.29 is 0 Å². The van der Waals surface area contributed by atoms with Crippen LogP contribution in [0.25, 0.3) is 5.65 Å². The van der Waals surface area contributed by atoms with Crippen molar-refractivity contribution in [2.75, 3.05) is 32.1 Å². The summed E-state index contributed by atoms with van der Waals surface area (Å²) in [5.41, 5.74) is 0.317. The Balaban J connectivity index is 2.15. The minimum Gasteiger partial charge on any atom is -0.359 e. The molecule has 0 amide bonds. The molecular weight excluding hydrogens is 220 g/mol. The molecule has 2 N–H and O–H groups in total. The zero-order valence-corrected chi connectivity index (χ0v) is 9.97. The number of fused-ring (bicyclic) bond motifs is 1. The van der Waals surface area contributed by atoms with Crippen LogP contribution in [0.5, 0.6) is 0 Å². The molecule has 2 aromatic rings. The lowest BCUT2D eigenvalue weighted by atomic mass is 10.4. The maximum atomic E-state index is 11.3. The fourth-order valence-electron chi connectivity index (χ4n) is 1.62. The van der Waals surface area contributed by atoms with Crippen LogP contribution >= 0.6 is 0 Å². The fourth-order valence-corrected chi connectivity index (χ4v) is 1.62. The molecule has 0 radical (unpaired) electrons. The number of nitrogens with zero attached hydrogens (tertiary/aromatic N) is 4. The zero-order chi connectivity index (χ0) is 12.3. The highest BCUT2D eigenvalue weighted by Gasteiger charge is 2.05. The summed E-state index contributed by atoms with van der Waals surface area (Å²) < 4.78 is 1.38. The van der Waals surface area contributed by atoms with Crippen LogP contribution in [-0.2, 0) is 0 Å². The first-order valence-electron chi connectivity index (χ1n) is 5.51. The molecule has 92 valence electrons. The van der Waals surface area contributed by atoms with Gasteiger partial charge in [0.1, 0.15) is 12.1 Å². The van der Waals surface area contributed by atoms with E-state index in [1.54, 1.807) is 6.07 Å². The monoisotopic (exact) mass is 236 g/mol. The van der Waals surface area contributed by atoms with Gasteiger partial charge < -0.3 is 10.2 Å². The zero-order valence-electron chi connectivity index (χ0n) is 9.97. The van der Waals surface area contributed by atoms with E-state index in [-0.39, 0.29) is 5.69 Å². The smallest absolute Gasteiger partial charge is 0.348 e. The van der Waals surface area contributed by atoms with Gasteiger partial charge >= 0.3 is 5.69 Å². The predicted octanol–water partition coefficient (Wildman–Crippen LogP) is -0.537. The Labute approximate surface area is 98.5 Å². The number of hydrogen-bond acceptors (Lipinski definition) is 5. The van der Waals surface area contributed by atoms with E-state index in [1.807, 2.05) is 19.0 Å². The minimum atomic E-state index is -0.267. The molecule has 0 bridgehead atoms. The van der Waals surface area contributed by atoms with Crippen molar-refractivity contribution in [3.63, 3.8) is 0 Å². The predicted molar refractivity (Wildman–Crippen MR) is 65.4 cm³/mol. The van der Waals surface area contributed by atoms with Crippen molar-refractivity contribution in [2.24, 2.45) is 0 Å². The van der Waals surface area contributed by atoms with Crippen LogP contribution in [0.1, 0.15) is 6.42 Å². The number of nitrogens with one attached hydrogen (secondary N) is 2. The molecule has 0 saturated carbocycles. The average molecular weight is 236 g/mol. The van der Waals surface area contributed by atoms with E-state index >= 15 is 0 Å². The van der Waals surface area contributed by atoms with Crippen LogP contribution in [0.3, 0.4) is 0 Å². The van der Waals surface area contributed by atoms with Crippen molar-refractivity contribution in [2.45, 2.75) is 6.42 Å². The maximum absolute atomic E-state index is 11.3. The lowest BCUT2D eigenvalue weighted by molar-refractivity contribution is 0.708. The summed E-state index contributed by atoms with van der Waals surface area (Å²) in [4.78, 5) is 17.5. The molecule has 0 aliphatic rings. The maximum Gasteiger partial charge on any atom is 0.348 e. The van der Waals surface area contributed by atoms with Crippen molar-refractivity contribution in [1.29, 1.82) is 0 Å². The van der Waals surface area contributed by atoms with Gasteiger partial charge in [-0.05, 0) is 20.0 Å². The van der Waals surface area contributed by atoms with E-state index < -0.39 is 0 Å². The Morgan fingerprint density at radius 3 is 3.18 bits per heavy atom. The highest BCUT2D eigenvalue weighted by Crippen LogP contribution is 2.09. The normalized spacial score (nSPS) is 10.9. The molecule has 0 aliphatic carbocycles. The van der Waals surface area contributed by atoms with E-state index in [1.165, 1.54) is 10.7 Å². The number of aromatic amines is 1. The Bertz CT molecular complexity index is 545. The summed E-state index contributed by atoms with van der Waals surface area (Å²) in [6, 6.07) is 1.79. The molecule has 0 fully saturated rings. The van der Waals surface area contributed by atoms with Gasteiger partial charge in [-0.25, -0.2) is 19.3 Å². The van der Waals surface area contributed by atoms with Gasteiger partial charge in [0, 0.05) is 19.7 Å². The third-order valence-corrected chi connectivity index (χ3v) is 2.61. The van der Waals surface area contributed by atoms with E-state index in [9.17, 15) is 4.79 Å². The van der Waals surface area contributed by atoms with Crippen molar-refractivity contribution in [3.8, 4) is 0 Å². The van der Waals surface area contributed by atoms with Gasteiger partial charge in [0.2, 0.25) is 0 Å². The molecule has 0 saturated heterocycles. The second-order valence-corrected chi connectivity index (χ2v) is 3.88. The number of aromatic nitrogens is 4. The molecule has 0 spiro atoms. The summed E-state index contributed by atoms with van der Waals surface area (Å²) in [6.45, 7) is 1.87. The van der Waals surface area contributed by atoms with Crippen molar-refractivity contribution >= 4 is 11.5 Å². The van der Waals surface area contributed by atoms with Crippen molar-refractivity contribution in [3.05, 3.63) is 22.9 Å². The number of rotatable bonds is 5. The molecule has 0 aromatic carbocycles. The average Bonchev–Trinajstić information content (AvgIpc) is 2.71.